The Balaban J connectivity index is 0.00000192. The lowest BCUT2D eigenvalue weighted by Crippen LogP contribution is -2.39. The SMILES string of the molecule is CC(NC(=O)C1CCNCC1)c1ccc(-n2cncn2)cc1.Cl. The molecule has 1 fully saturated rings. The summed E-state index contributed by atoms with van der Waals surface area (Å²) in [6.45, 7) is 3.88. The summed E-state index contributed by atoms with van der Waals surface area (Å²) in [5.41, 5.74) is 2.05. The Morgan fingerprint density at radius 1 is 1.30 bits per heavy atom. The number of rotatable bonds is 4. The van der Waals surface area contributed by atoms with Crippen LogP contribution in [-0.4, -0.2) is 33.8 Å². The Hall–Kier alpha value is -1.92. The van der Waals surface area contributed by atoms with Crippen molar-refractivity contribution in [3.8, 4) is 5.69 Å². The van der Waals surface area contributed by atoms with Gasteiger partial charge in [-0.15, -0.1) is 12.4 Å². The number of carbonyl (C=O) groups excluding carboxylic acids is 1. The third-order valence-corrected chi connectivity index (χ3v) is 4.15. The highest BCUT2D eigenvalue weighted by atomic mass is 35.5. The van der Waals surface area contributed by atoms with Gasteiger partial charge in [0.05, 0.1) is 11.7 Å². The lowest BCUT2D eigenvalue weighted by molar-refractivity contribution is -0.126. The minimum absolute atomic E-state index is 0. The van der Waals surface area contributed by atoms with Crippen molar-refractivity contribution in [2.75, 3.05) is 13.1 Å². The topological polar surface area (TPSA) is 71.8 Å². The summed E-state index contributed by atoms with van der Waals surface area (Å²) >= 11 is 0. The first-order chi connectivity index (χ1) is 10.7. The molecule has 1 aliphatic rings. The van der Waals surface area contributed by atoms with Gasteiger partial charge in [0, 0.05) is 5.92 Å². The molecule has 1 saturated heterocycles. The van der Waals surface area contributed by atoms with E-state index in [0.29, 0.717) is 0 Å². The van der Waals surface area contributed by atoms with Crippen molar-refractivity contribution in [2.24, 2.45) is 5.92 Å². The number of nitrogens with one attached hydrogen (secondary N) is 2. The normalized spacial score (nSPS) is 16.4. The molecule has 2 N–H and O–H groups in total. The molecule has 0 aliphatic carbocycles. The summed E-state index contributed by atoms with van der Waals surface area (Å²) in [6.07, 6.45) is 5.01. The molecular weight excluding hydrogens is 314 g/mol. The van der Waals surface area contributed by atoms with Gasteiger partial charge in [0.2, 0.25) is 5.91 Å². The zero-order chi connectivity index (χ0) is 15.4. The number of hydrogen-bond donors (Lipinski definition) is 2. The van der Waals surface area contributed by atoms with Crippen molar-refractivity contribution >= 4 is 18.3 Å². The van der Waals surface area contributed by atoms with Crippen molar-refractivity contribution in [2.45, 2.75) is 25.8 Å². The van der Waals surface area contributed by atoms with Gasteiger partial charge in [-0.1, -0.05) is 12.1 Å². The third kappa shape index (κ3) is 4.30. The van der Waals surface area contributed by atoms with Crippen molar-refractivity contribution < 1.29 is 4.79 Å². The average Bonchev–Trinajstić information content (AvgIpc) is 3.10. The predicted molar refractivity (Wildman–Crippen MR) is 90.8 cm³/mol. The highest BCUT2D eigenvalue weighted by molar-refractivity contribution is 5.85. The van der Waals surface area contributed by atoms with Crippen LogP contribution >= 0.6 is 12.4 Å². The van der Waals surface area contributed by atoms with Crippen LogP contribution in [0.15, 0.2) is 36.9 Å². The zero-order valence-electron chi connectivity index (χ0n) is 13.1. The maximum absolute atomic E-state index is 12.3. The molecular formula is C16H22ClN5O. The fraction of sp³-hybridized carbons (Fsp3) is 0.438. The van der Waals surface area contributed by atoms with Gasteiger partial charge in [-0.2, -0.15) is 5.10 Å². The number of benzene rings is 1. The highest BCUT2D eigenvalue weighted by Gasteiger charge is 2.22. The monoisotopic (exact) mass is 335 g/mol. The number of halogens is 1. The molecule has 23 heavy (non-hydrogen) atoms. The van der Waals surface area contributed by atoms with Gasteiger partial charge in [0.1, 0.15) is 12.7 Å². The van der Waals surface area contributed by atoms with E-state index in [9.17, 15) is 4.79 Å². The summed E-state index contributed by atoms with van der Waals surface area (Å²) in [5, 5.41) is 10.5. The molecule has 1 atom stereocenters. The molecule has 124 valence electrons. The first kappa shape index (κ1) is 17.4. The zero-order valence-corrected chi connectivity index (χ0v) is 13.9. The molecule has 0 spiro atoms. The molecule has 7 heteroatoms. The number of amides is 1. The van der Waals surface area contributed by atoms with Crippen molar-refractivity contribution in [1.29, 1.82) is 0 Å². The Kier molecular flexibility index (Phi) is 6.12. The number of nitrogens with zero attached hydrogens (tertiary/aromatic N) is 3. The van der Waals surface area contributed by atoms with Crippen LogP contribution in [0.1, 0.15) is 31.4 Å². The predicted octanol–water partition coefficient (Wildman–Crippen LogP) is 1.87. The maximum atomic E-state index is 12.3. The Morgan fingerprint density at radius 2 is 2.00 bits per heavy atom. The van der Waals surface area contributed by atoms with E-state index in [0.717, 1.165) is 37.2 Å². The first-order valence-electron chi connectivity index (χ1n) is 7.70. The van der Waals surface area contributed by atoms with E-state index in [1.54, 1.807) is 11.0 Å². The van der Waals surface area contributed by atoms with Crippen molar-refractivity contribution in [3.63, 3.8) is 0 Å². The summed E-state index contributed by atoms with van der Waals surface area (Å²) in [7, 11) is 0. The minimum atomic E-state index is 0. The Morgan fingerprint density at radius 3 is 2.61 bits per heavy atom. The van der Waals surface area contributed by atoms with Crippen molar-refractivity contribution in [3.05, 3.63) is 42.5 Å². The van der Waals surface area contributed by atoms with Gasteiger partial charge in [0.25, 0.3) is 0 Å². The quantitative estimate of drug-likeness (QED) is 0.894. The van der Waals surface area contributed by atoms with Gasteiger partial charge in [0.15, 0.2) is 0 Å². The van der Waals surface area contributed by atoms with E-state index >= 15 is 0 Å². The number of carbonyl (C=O) groups is 1. The molecule has 1 unspecified atom stereocenters. The lowest BCUT2D eigenvalue weighted by atomic mass is 9.96. The van der Waals surface area contributed by atoms with Crippen LogP contribution in [0.4, 0.5) is 0 Å². The lowest BCUT2D eigenvalue weighted by Gasteiger charge is -2.24. The van der Waals surface area contributed by atoms with Crippen LogP contribution in [0.5, 0.6) is 0 Å². The number of aromatic nitrogens is 3. The molecule has 1 aliphatic heterocycles. The number of hydrogen-bond acceptors (Lipinski definition) is 4. The second-order valence-electron chi connectivity index (χ2n) is 5.69. The summed E-state index contributed by atoms with van der Waals surface area (Å²) in [6, 6.07) is 8.01. The molecule has 0 bridgehead atoms. The van der Waals surface area contributed by atoms with Gasteiger partial charge in [-0.25, -0.2) is 9.67 Å². The van der Waals surface area contributed by atoms with Crippen LogP contribution in [0.2, 0.25) is 0 Å². The van der Waals surface area contributed by atoms with E-state index < -0.39 is 0 Å². The van der Waals surface area contributed by atoms with E-state index in [1.807, 2.05) is 31.2 Å². The summed E-state index contributed by atoms with van der Waals surface area (Å²) in [4.78, 5) is 16.2. The van der Waals surface area contributed by atoms with Gasteiger partial charge < -0.3 is 10.6 Å². The molecule has 0 saturated carbocycles. The fourth-order valence-electron chi connectivity index (χ4n) is 2.76. The standard InChI is InChI=1S/C16H21N5O.ClH/c1-12(20-16(22)14-6-8-17-9-7-14)13-2-4-15(5-3-13)21-11-18-10-19-21;/h2-5,10-12,14,17H,6-9H2,1H3,(H,20,22);1H. The maximum Gasteiger partial charge on any atom is 0.223 e. The summed E-state index contributed by atoms with van der Waals surface area (Å²) in [5.74, 6) is 0.299. The molecule has 3 rings (SSSR count). The molecule has 1 aromatic heterocycles. The van der Waals surface area contributed by atoms with E-state index in [4.69, 9.17) is 0 Å². The molecule has 6 nitrogen and oxygen atoms in total. The fourth-order valence-corrected chi connectivity index (χ4v) is 2.76. The second-order valence-corrected chi connectivity index (χ2v) is 5.69. The Labute approximate surface area is 142 Å². The van der Waals surface area contributed by atoms with Crippen LogP contribution < -0.4 is 10.6 Å². The minimum Gasteiger partial charge on any atom is -0.349 e. The smallest absolute Gasteiger partial charge is 0.223 e. The number of piperidine rings is 1. The van der Waals surface area contributed by atoms with E-state index in [-0.39, 0.29) is 30.3 Å². The van der Waals surface area contributed by atoms with E-state index in [2.05, 4.69) is 20.7 Å². The molecule has 0 radical (unpaired) electrons. The van der Waals surface area contributed by atoms with Crippen molar-refractivity contribution in [1.82, 2.24) is 25.4 Å². The second kappa shape index (κ2) is 8.08. The highest BCUT2D eigenvalue weighted by Crippen LogP contribution is 2.18. The molecule has 1 amide bonds. The van der Waals surface area contributed by atoms with Crippen LogP contribution in [0, 0.1) is 5.92 Å². The van der Waals surface area contributed by atoms with Gasteiger partial charge in [-0.3, -0.25) is 4.79 Å². The van der Waals surface area contributed by atoms with Crippen LogP contribution in [-0.2, 0) is 4.79 Å². The third-order valence-electron chi connectivity index (χ3n) is 4.15. The average molecular weight is 336 g/mol. The Bertz CT molecular complexity index is 608. The molecule has 2 heterocycles. The van der Waals surface area contributed by atoms with Gasteiger partial charge in [-0.05, 0) is 50.6 Å². The molecule has 2 aromatic rings. The largest absolute Gasteiger partial charge is 0.349 e. The van der Waals surface area contributed by atoms with E-state index in [1.165, 1.54) is 6.33 Å². The summed E-state index contributed by atoms with van der Waals surface area (Å²) < 4.78 is 1.71. The van der Waals surface area contributed by atoms with Crippen LogP contribution in [0.3, 0.4) is 0 Å². The molecule has 1 aromatic carbocycles. The van der Waals surface area contributed by atoms with Gasteiger partial charge >= 0.3 is 0 Å². The van der Waals surface area contributed by atoms with Crippen LogP contribution in [0.25, 0.3) is 5.69 Å². The first-order valence-corrected chi connectivity index (χ1v) is 7.70.